The van der Waals surface area contributed by atoms with Gasteiger partial charge in [0.25, 0.3) is 0 Å². The number of amides is 1. The molecule has 0 aromatic carbocycles. The zero-order valence-electron chi connectivity index (χ0n) is 14.3. The summed E-state index contributed by atoms with van der Waals surface area (Å²) < 4.78 is 20.2. The van der Waals surface area contributed by atoms with E-state index in [-0.39, 0.29) is 23.0 Å². The fourth-order valence-corrected chi connectivity index (χ4v) is 4.56. The molecule has 0 saturated carbocycles. The summed E-state index contributed by atoms with van der Waals surface area (Å²) in [5.41, 5.74) is 0.188. The molecule has 4 heterocycles. The summed E-state index contributed by atoms with van der Waals surface area (Å²) in [6, 6.07) is 0.170. The van der Waals surface area contributed by atoms with Crippen LogP contribution in [0.25, 0.3) is 0 Å². The number of carbonyl (C=O) groups excluding carboxylic acids is 1. The van der Waals surface area contributed by atoms with Crippen LogP contribution in [0, 0.1) is 5.95 Å². The molecule has 1 spiro atoms. The number of fused-ring (bicyclic) bond motifs is 1. The van der Waals surface area contributed by atoms with Gasteiger partial charge in [0, 0.05) is 38.9 Å². The predicted octanol–water partition coefficient (Wildman–Crippen LogP) is 1.70. The Labute approximate surface area is 153 Å². The van der Waals surface area contributed by atoms with E-state index in [9.17, 15) is 14.3 Å². The van der Waals surface area contributed by atoms with Crippen molar-refractivity contribution in [2.24, 2.45) is 0 Å². The SMILES string of the molecule is CC(=O)Nc1nc(F)c(CN2CC3(Cc4nc(O)cnc4O3)C[C@@H]2C)s1. The number of aromatic hydroxyl groups is 1. The number of aromatic nitrogens is 3. The van der Waals surface area contributed by atoms with Gasteiger partial charge in [0.2, 0.25) is 23.6 Å². The summed E-state index contributed by atoms with van der Waals surface area (Å²) >= 11 is 1.14. The molecule has 2 atom stereocenters. The number of hydrogen-bond acceptors (Lipinski definition) is 8. The number of thiazole rings is 1. The highest BCUT2D eigenvalue weighted by Crippen LogP contribution is 2.42. The number of halogens is 1. The van der Waals surface area contributed by atoms with Crippen molar-refractivity contribution in [2.45, 2.75) is 44.9 Å². The topological polar surface area (TPSA) is 100 Å². The van der Waals surface area contributed by atoms with Crippen LogP contribution in [0.3, 0.4) is 0 Å². The first-order chi connectivity index (χ1) is 12.3. The summed E-state index contributed by atoms with van der Waals surface area (Å²) in [6.07, 6.45) is 2.59. The van der Waals surface area contributed by atoms with Crippen molar-refractivity contribution in [3.8, 4) is 11.8 Å². The van der Waals surface area contributed by atoms with Gasteiger partial charge >= 0.3 is 0 Å². The molecule has 4 rings (SSSR count). The largest absolute Gasteiger partial charge is 0.492 e. The molecule has 0 aliphatic carbocycles. The van der Waals surface area contributed by atoms with Gasteiger partial charge in [-0.3, -0.25) is 9.69 Å². The minimum atomic E-state index is -0.559. The Bertz CT molecular complexity index is 876. The van der Waals surface area contributed by atoms with Crippen molar-refractivity contribution in [2.75, 3.05) is 11.9 Å². The lowest BCUT2D eigenvalue weighted by molar-refractivity contribution is -0.114. The molecule has 1 unspecified atom stereocenters. The molecule has 0 bridgehead atoms. The molecule has 2 N–H and O–H groups in total. The van der Waals surface area contributed by atoms with E-state index in [4.69, 9.17) is 4.74 Å². The van der Waals surface area contributed by atoms with Gasteiger partial charge in [0.1, 0.15) is 11.3 Å². The predicted molar refractivity (Wildman–Crippen MR) is 91.6 cm³/mol. The molecule has 1 amide bonds. The first-order valence-electron chi connectivity index (χ1n) is 8.24. The number of ether oxygens (including phenoxy) is 1. The van der Waals surface area contributed by atoms with Crippen LogP contribution in [0.15, 0.2) is 6.20 Å². The van der Waals surface area contributed by atoms with Gasteiger partial charge in [-0.05, 0) is 6.92 Å². The average Bonchev–Trinajstić information content (AvgIpc) is 3.15. The fourth-order valence-electron chi connectivity index (χ4n) is 3.64. The second-order valence-electron chi connectivity index (χ2n) is 6.81. The van der Waals surface area contributed by atoms with Crippen molar-refractivity contribution in [1.82, 2.24) is 19.9 Å². The van der Waals surface area contributed by atoms with Crippen LogP contribution in [-0.2, 0) is 17.8 Å². The van der Waals surface area contributed by atoms with E-state index >= 15 is 0 Å². The van der Waals surface area contributed by atoms with E-state index in [1.165, 1.54) is 13.1 Å². The van der Waals surface area contributed by atoms with Crippen molar-refractivity contribution >= 4 is 22.4 Å². The highest BCUT2D eigenvalue weighted by atomic mass is 32.1. The molecule has 2 aliphatic rings. The Kier molecular flexibility index (Phi) is 4.03. The molecule has 138 valence electrons. The van der Waals surface area contributed by atoms with Crippen LogP contribution >= 0.6 is 11.3 Å². The highest BCUT2D eigenvalue weighted by Gasteiger charge is 2.49. The lowest BCUT2D eigenvalue weighted by Crippen LogP contribution is -2.37. The van der Waals surface area contributed by atoms with Crippen molar-refractivity contribution < 1.29 is 19.0 Å². The summed E-state index contributed by atoms with van der Waals surface area (Å²) in [4.78, 5) is 25.7. The Morgan fingerprint density at radius 1 is 1.58 bits per heavy atom. The third-order valence-corrected chi connectivity index (χ3v) is 5.59. The maximum absolute atomic E-state index is 14.1. The van der Waals surface area contributed by atoms with E-state index in [0.29, 0.717) is 36.0 Å². The van der Waals surface area contributed by atoms with Crippen LogP contribution in [0.1, 0.15) is 30.8 Å². The second-order valence-corrected chi connectivity index (χ2v) is 7.90. The van der Waals surface area contributed by atoms with Gasteiger partial charge in [-0.25, -0.2) is 9.97 Å². The first-order valence-corrected chi connectivity index (χ1v) is 9.06. The van der Waals surface area contributed by atoms with E-state index in [1.54, 1.807) is 0 Å². The number of rotatable bonds is 3. The molecule has 26 heavy (non-hydrogen) atoms. The van der Waals surface area contributed by atoms with Gasteiger partial charge < -0.3 is 15.2 Å². The Balaban J connectivity index is 1.49. The lowest BCUT2D eigenvalue weighted by atomic mass is 9.97. The van der Waals surface area contributed by atoms with E-state index in [0.717, 1.165) is 17.8 Å². The maximum Gasteiger partial charge on any atom is 0.236 e. The zero-order valence-corrected chi connectivity index (χ0v) is 15.1. The molecule has 2 aliphatic heterocycles. The van der Waals surface area contributed by atoms with Gasteiger partial charge in [-0.15, -0.1) is 0 Å². The minimum absolute atomic E-state index is 0.121. The maximum atomic E-state index is 14.1. The Morgan fingerprint density at radius 2 is 2.38 bits per heavy atom. The number of likely N-dealkylation sites (tertiary alicyclic amines) is 1. The third-order valence-electron chi connectivity index (χ3n) is 4.66. The number of carbonyl (C=O) groups is 1. The number of nitrogens with zero attached hydrogens (tertiary/aromatic N) is 4. The molecule has 2 aromatic rings. The van der Waals surface area contributed by atoms with Gasteiger partial charge in [0.15, 0.2) is 5.13 Å². The minimum Gasteiger partial charge on any atom is -0.492 e. The third kappa shape index (κ3) is 3.10. The molecule has 2 aromatic heterocycles. The van der Waals surface area contributed by atoms with E-state index < -0.39 is 11.5 Å². The molecule has 10 heteroatoms. The van der Waals surface area contributed by atoms with Crippen LogP contribution in [-0.4, -0.2) is 49.1 Å². The highest BCUT2D eigenvalue weighted by molar-refractivity contribution is 7.15. The average molecular weight is 379 g/mol. The smallest absolute Gasteiger partial charge is 0.236 e. The Morgan fingerprint density at radius 3 is 3.15 bits per heavy atom. The van der Waals surface area contributed by atoms with Crippen LogP contribution in [0.5, 0.6) is 11.8 Å². The molecule has 1 saturated heterocycles. The normalized spacial score (nSPS) is 24.7. The number of nitrogens with one attached hydrogen (secondary N) is 1. The van der Waals surface area contributed by atoms with Gasteiger partial charge in [-0.1, -0.05) is 11.3 Å². The Hall–Kier alpha value is -2.33. The number of anilines is 1. The quantitative estimate of drug-likeness (QED) is 0.837. The van der Waals surface area contributed by atoms with Gasteiger partial charge in [0.05, 0.1) is 11.1 Å². The monoisotopic (exact) mass is 379 g/mol. The summed E-state index contributed by atoms with van der Waals surface area (Å²) in [6.45, 7) is 4.41. The molecular formula is C16H18FN5O3S. The lowest BCUT2D eigenvalue weighted by Gasteiger charge is -2.23. The summed E-state index contributed by atoms with van der Waals surface area (Å²) in [5, 5.41) is 12.3. The van der Waals surface area contributed by atoms with Crippen LogP contribution < -0.4 is 10.1 Å². The first kappa shape index (κ1) is 17.1. The molecule has 0 radical (unpaired) electrons. The second kappa shape index (κ2) is 6.13. The molecule has 8 nitrogen and oxygen atoms in total. The van der Waals surface area contributed by atoms with Crippen molar-refractivity contribution in [3.63, 3.8) is 0 Å². The summed E-state index contributed by atoms with van der Waals surface area (Å²) in [7, 11) is 0. The van der Waals surface area contributed by atoms with Crippen LogP contribution in [0.2, 0.25) is 0 Å². The summed E-state index contributed by atoms with van der Waals surface area (Å²) in [5.74, 6) is -0.506. The molecular weight excluding hydrogens is 361 g/mol. The van der Waals surface area contributed by atoms with E-state index in [2.05, 4.69) is 32.1 Å². The van der Waals surface area contributed by atoms with Gasteiger partial charge in [-0.2, -0.15) is 9.37 Å². The van der Waals surface area contributed by atoms with Crippen molar-refractivity contribution in [1.29, 1.82) is 0 Å². The van der Waals surface area contributed by atoms with E-state index in [1.807, 2.05) is 0 Å². The fraction of sp³-hybridized carbons (Fsp3) is 0.500. The van der Waals surface area contributed by atoms with Crippen LogP contribution in [0.4, 0.5) is 9.52 Å². The zero-order chi connectivity index (χ0) is 18.5. The van der Waals surface area contributed by atoms with Crippen molar-refractivity contribution in [3.05, 3.63) is 22.7 Å². The molecule has 1 fully saturated rings. The standard InChI is InChI=1S/C16H18FN5O3S/c1-8-3-16(4-10-14(25-16)18-5-12(24)20-10)7-22(8)6-11-13(17)21-15(26-11)19-9(2)23/h5,8H,3-4,6-7H2,1-2H3,(H,20,24)(H,19,21,23)/t8-,16?/m0/s1. The number of hydrogen-bond donors (Lipinski definition) is 2.